The maximum absolute atomic E-state index is 5.76. The second-order valence-corrected chi connectivity index (χ2v) is 6.79. The number of ether oxygens (including phenoxy) is 1. The van der Waals surface area contributed by atoms with Crippen molar-refractivity contribution in [2.75, 3.05) is 13.2 Å². The van der Waals surface area contributed by atoms with Gasteiger partial charge in [-0.25, -0.2) is 4.99 Å². The molecule has 0 radical (unpaired) electrons. The number of hydrogen-bond donors (Lipinski definition) is 0. The van der Waals surface area contributed by atoms with Crippen LogP contribution in [0.3, 0.4) is 0 Å². The molecule has 27 heavy (non-hydrogen) atoms. The SMILES string of the molecule is CC=NC=NCC(CC)Cc1cccc(-c2ccc(OCCCC)cc2)c1. The number of rotatable bonds is 11. The van der Waals surface area contributed by atoms with E-state index in [9.17, 15) is 0 Å². The molecule has 0 bridgehead atoms. The van der Waals surface area contributed by atoms with Gasteiger partial charge in [0, 0.05) is 12.8 Å². The molecule has 2 rings (SSSR count). The maximum atomic E-state index is 5.76. The number of hydrogen-bond acceptors (Lipinski definition) is 2. The molecule has 144 valence electrons. The van der Waals surface area contributed by atoms with Crippen LogP contribution in [0.5, 0.6) is 5.75 Å². The van der Waals surface area contributed by atoms with Crippen molar-refractivity contribution in [3.63, 3.8) is 0 Å². The standard InChI is InChI=1S/C24H32N2O/c1-4-7-15-27-24-13-11-22(12-14-24)23-10-8-9-21(17-23)16-20(5-2)18-26-19-25-6-3/h6,8-14,17,19-20H,4-5,7,15-16,18H2,1-3H3. The highest BCUT2D eigenvalue weighted by Crippen LogP contribution is 2.25. The second kappa shape index (κ2) is 12.1. The molecule has 1 atom stereocenters. The van der Waals surface area contributed by atoms with Gasteiger partial charge in [-0.05, 0) is 54.5 Å². The summed E-state index contributed by atoms with van der Waals surface area (Å²) in [5, 5.41) is 0. The molecule has 0 aliphatic carbocycles. The molecule has 0 saturated heterocycles. The summed E-state index contributed by atoms with van der Waals surface area (Å²) in [6.45, 7) is 7.91. The molecule has 3 nitrogen and oxygen atoms in total. The fourth-order valence-electron chi connectivity index (χ4n) is 2.94. The van der Waals surface area contributed by atoms with Gasteiger partial charge >= 0.3 is 0 Å². The summed E-state index contributed by atoms with van der Waals surface area (Å²) in [7, 11) is 0. The fourth-order valence-corrected chi connectivity index (χ4v) is 2.94. The monoisotopic (exact) mass is 364 g/mol. The van der Waals surface area contributed by atoms with E-state index in [1.165, 1.54) is 16.7 Å². The molecular weight excluding hydrogens is 332 g/mol. The number of unbranched alkanes of at least 4 members (excludes halogenated alkanes) is 1. The van der Waals surface area contributed by atoms with Crippen LogP contribution >= 0.6 is 0 Å². The highest BCUT2D eigenvalue weighted by atomic mass is 16.5. The van der Waals surface area contributed by atoms with Gasteiger partial charge in [0.1, 0.15) is 12.1 Å². The first-order valence-corrected chi connectivity index (χ1v) is 10.0. The molecule has 0 spiro atoms. The second-order valence-electron chi connectivity index (χ2n) is 6.79. The van der Waals surface area contributed by atoms with Crippen LogP contribution in [0.25, 0.3) is 11.1 Å². The van der Waals surface area contributed by atoms with Crippen molar-refractivity contribution in [1.29, 1.82) is 0 Å². The zero-order valence-corrected chi connectivity index (χ0v) is 16.9. The Kier molecular flexibility index (Phi) is 9.33. The van der Waals surface area contributed by atoms with Crippen LogP contribution in [0.4, 0.5) is 0 Å². The van der Waals surface area contributed by atoms with Crippen molar-refractivity contribution in [2.45, 2.75) is 46.5 Å². The van der Waals surface area contributed by atoms with Crippen LogP contribution in [0, 0.1) is 5.92 Å². The first kappa shape index (κ1) is 20.9. The summed E-state index contributed by atoms with van der Waals surface area (Å²) in [5.74, 6) is 1.49. The summed E-state index contributed by atoms with van der Waals surface area (Å²) in [4.78, 5) is 8.45. The molecule has 2 aromatic carbocycles. The number of aliphatic imine (C=N–C) groups is 2. The van der Waals surface area contributed by atoms with E-state index in [1.54, 1.807) is 12.6 Å². The van der Waals surface area contributed by atoms with Gasteiger partial charge in [0.25, 0.3) is 0 Å². The first-order chi connectivity index (χ1) is 13.3. The maximum Gasteiger partial charge on any atom is 0.119 e. The average molecular weight is 365 g/mol. The molecule has 1 unspecified atom stereocenters. The van der Waals surface area contributed by atoms with Crippen LogP contribution in [-0.2, 0) is 6.42 Å². The van der Waals surface area contributed by atoms with Crippen molar-refractivity contribution in [3.8, 4) is 16.9 Å². The minimum absolute atomic E-state index is 0.540. The molecular formula is C24H32N2O. The third-order valence-corrected chi connectivity index (χ3v) is 4.64. The molecule has 3 heteroatoms. The van der Waals surface area contributed by atoms with Crippen LogP contribution in [0.2, 0.25) is 0 Å². The molecule has 0 heterocycles. The molecule has 0 aromatic heterocycles. The third-order valence-electron chi connectivity index (χ3n) is 4.64. The lowest BCUT2D eigenvalue weighted by Crippen LogP contribution is -2.07. The van der Waals surface area contributed by atoms with Gasteiger partial charge in [-0.2, -0.15) is 0 Å². The van der Waals surface area contributed by atoms with E-state index in [-0.39, 0.29) is 0 Å². The Morgan fingerprint density at radius 1 is 1.04 bits per heavy atom. The molecule has 0 N–H and O–H groups in total. The quantitative estimate of drug-likeness (QED) is 0.265. The van der Waals surface area contributed by atoms with E-state index in [1.807, 2.05) is 6.92 Å². The summed E-state index contributed by atoms with van der Waals surface area (Å²) in [5.41, 5.74) is 3.83. The predicted octanol–water partition coefficient (Wildman–Crippen LogP) is 6.22. The lowest BCUT2D eigenvalue weighted by atomic mass is 9.94. The Balaban J connectivity index is 2.01. The minimum atomic E-state index is 0.540. The Bertz CT molecular complexity index is 719. The van der Waals surface area contributed by atoms with E-state index in [2.05, 4.69) is 72.4 Å². The molecule has 0 fully saturated rings. The van der Waals surface area contributed by atoms with Gasteiger partial charge in [0.15, 0.2) is 0 Å². The number of nitrogens with zero attached hydrogens (tertiary/aromatic N) is 2. The van der Waals surface area contributed by atoms with Crippen molar-refractivity contribution in [1.82, 2.24) is 0 Å². The largest absolute Gasteiger partial charge is 0.494 e. The van der Waals surface area contributed by atoms with E-state index >= 15 is 0 Å². The summed E-state index contributed by atoms with van der Waals surface area (Å²) < 4.78 is 5.76. The van der Waals surface area contributed by atoms with Gasteiger partial charge in [-0.1, -0.05) is 63.1 Å². The minimum Gasteiger partial charge on any atom is -0.494 e. The molecule has 2 aromatic rings. The van der Waals surface area contributed by atoms with Crippen LogP contribution in [-0.4, -0.2) is 25.7 Å². The molecule has 0 aliphatic rings. The van der Waals surface area contributed by atoms with E-state index < -0.39 is 0 Å². The Labute approximate surface area is 164 Å². The smallest absolute Gasteiger partial charge is 0.119 e. The molecule has 0 saturated carbocycles. The van der Waals surface area contributed by atoms with Crippen molar-refractivity contribution < 1.29 is 4.74 Å². The number of benzene rings is 2. The fraction of sp³-hybridized carbons (Fsp3) is 0.417. The van der Waals surface area contributed by atoms with Gasteiger partial charge in [-0.15, -0.1) is 0 Å². The first-order valence-electron chi connectivity index (χ1n) is 10.0. The average Bonchev–Trinajstić information content (AvgIpc) is 2.71. The zero-order chi connectivity index (χ0) is 19.3. The van der Waals surface area contributed by atoms with E-state index in [0.29, 0.717) is 5.92 Å². The van der Waals surface area contributed by atoms with Gasteiger partial charge in [0.2, 0.25) is 0 Å². The van der Waals surface area contributed by atoms with Gasteiger partial charge < -0.3 is 4.74 Å². The van der Waals surface area contributed by atoms with Crippen LogP contribution in [0.15, 0.2) is 58.5 Å². The van der Waals surface area contributed by atoms with Crippen molar-refractivity contribution in [2.24, 2.45) is 15.9 Å². The lowest BCUT2D eigenvalue weighted by molar-refractivity contribution is 0.309. The molecule has 0 aliphatic heterocycles. The third kappa shape index (κ3) is 7.38. The highest BCUT2D eigenvalue weighted by Gasteiger charge is 2.08. The molecule has 0 amide bonds. The predicted molar refractivity (Wildman–Crippen MR) is 117 cm³/mol. The lowest BCUT2D eigenvalue weighted by Gasteiger charge is -2.13. The highest BCUT2D eigenvalue weighted by molar-refractivity contribution is 5.70. The van der Waals surface area contributed by atoms with Crippen molar-refractivity contribution >= 4 is 12.6 Å². The van der Waals surface area contributed by atoms with Crippen LogP contribution in [0.1, 0.15) is 45.6 Å². The van der Waals surface area contributed by atoms with Crippen molar-refractivity contribution in [3.05, 3.63) is 54.1 Å². The summed E-state index contributed by atoms with van der Waals surface area (Å²) in [6, 6.07) is 17.2. The normalized spacial score (nSPS) is 12.7. The Hall–Kier alpha value is -2.42. The summed E-state index contributed by atoms with van der Waals surface area (Å²) in [6.07, 6.45) is 7.81. The van der Waals surface area contributed by atoms with E-state index in [4.69, 9.17) is 4.74 Å². The Morgan fingerprint density at radius 3 is 2.56 bits per heavy atom. The zero-order valence-electron chi connectivity index (χ0n) is 16.9. The topological polar surface area (TPSA) is 34.0 Å². The van der Waals surface area contributed by atoms with Gasteiger partial charge in [0.05, 0.1) is 6.61 Å². The Morgan fingerprint density at radius 2 is 1.85 bits per heavy atom. The van der Waals surface area contributed by atoms with E-state index in [0.717, 1.165) is 44.6 Å². The van der Waals surface area contributed by atoms with Crippen LogP contribution < -0.4 is 4.74 Å². The summed E-state index contributed by atoms with van der Waals surface area (Å²) >= 11 is 0. The van der Waals surface area contributed by atoms with Gasteiger partial charge in [-0.3, -0.25) is 4.99 Å².